The highest BCUT2D eigenvalue weighted by molar-refractivity contribution is 5.81. The molecule has 0 aliphatic carbocycles. The molecule has 2 rings (SSSR count). The lowest BCUT2D eigenvalue weighted by Crippen LogP contribution is -2.39. The van der Waals surface area contributed by atoms with Crippen LogP contribution < -0.4 is 0 Å². The van der Waals surface area contributed by atoms with Gasteiger partial charge >= 0.3 is 0 Å². The molecule has 2 fully saturated rings. The van der Waals surface area contributed by atoms with Crippen LogP contribution in [0.3, 0.4) is 0 Å². The fourth-order valence-corrected chi connectivity index (χ4v) is 1.95. The van der Waals surface area contributed by atoms with E-state index < -0.39 is 5.79 Å². The Morgan fingerprint density at radius 2 is 2.00 bits per heavy atom. The molecule has 0 N–H and O–H groups in total. The quantitative estimate of drug-likeness (QED) is 0.626. The molecule has 0 aromatic rings. The maximum absolute atomic E-state index is 11.9. The van der Waals surface area contributed by atoms with Crippen LogP contribution in [0.5, 0.6) is 0 Å². The third kappa shape index (κ3) is 1.91. The molecule has 0 aromatic heterocycles. The molecule has 2 saturated heterocycles. The third-order valence-electron chi connectivity index (χ3n) is 2.70. The van der Waals surface area contributed by atoms with Gasteiger partial charge in [0.25, 0.3) is 5.91 Å². The Morgan fingerprint density at radius 1 is 1.36 bits per heavy atom. The van der Waals surface area contributed by atoms with Crippen LogP contribution in [0.25, 0.3) is 0 Å². The van der Waals surface area contributed by atoms with E-state index in [9.17, 15) is 4.79 Å². The second-order valence-corrected chi connectivity index (χ2v) is 4.35. The van der Waals surface area contributed by atoms with Crippen molar-refractivity contribution in [2.45, 2.75) is 38.6 Å². The predicted molar refractivity (Wildman–Crippen MR) is 50.7 cm³/mol. The van der Waals surface area contributed by atoms with E-state index in [1.807, 2.05) is 18.7 Å². The monoisotopic (exact) mass is 199 g/mol. The first-order valence-electron chi connectivity index (χ1n) is 5.19. The molecule has 0 spiro atoms. The maximum Gasteiger partial charge on any atom is 0.254 e. The van der Waals surface area contributed by atoms with E-state index in [2.05, 4.69) is 0 Å². The second-order valence-electron chi connectivity index (χ2n) is 4.35. The van der Waals surface area contributed by atoms with Gasteiger partial charge in [-0.05, 0) is 26.7 Å². The molecule has 0 aromatic carbocycles. The summed E-state index contributed by atoms with van der Waals surface area (Å²) in [4.78, 5) is 13.7. The van der Waals surface area contributed by atoms with Crippen molar-refractivity contribution < 1.29 is 14.3 Å². The number of carbonyl (C=O) groups is 1. The number of amides is 1. The molecular formula is C10H17NO3. The Morgan fingerprint density at radius 3 is 2.50 bits per heavy atom. The first kappa shape index (κ1) is 9.93. The van der Waals surface area contributed by atoms with Gasteiger partial charge in [-0.25, -0.2) is 0 Å². The summed E-state index contributed by atoms with van der Waals surface area (Å²) >= 11 is 0. The molecule has 2 aliphatic heterocycles. The van der Waals surface area contributed by atoms with Crippen molar-refractivity contribution >= 4 is 5.91 Å². The van der Waals surface area contributed by atoms with Crippen LogP contribution in [0, 0.1) is 0 Å². The van der Waals surface area contributed by atoms with Crippen LogP contribution in [-0.4, -0.2) is 42.4 Å². The highest BCUT2D eigenvalue weighted by atomic mass is 16.7. The zero-order valence-corrected chi connectivity index (χ0v) is 8.78. The largest absolute Gasteiger partial charge is 0.347 e. The summed E-state index contributed by atoms with van der Waals surface area (Å²) in [6.07, 6.45) is 1.84. The van der Waals surface area contributed by atoms with Gasteiger partial charge in [0.15, 0.2) is 11.9 Å². The highest BCUT2D eigenvalue weighted by Gasteiger charge is 2.39. The summed E-state index contributed by atoms with van der Waals surface area (Å²) in [6, 6.07) is 0. The number of hydrogen-bond acceptors (Lipinski definition) is 3. The van der Waals surface area contributed by atoms with Crippen molar-refractivity contribution in [3.05, 3.63) is 0 Å². The van der Waals surface area contributed by atoms with Gasteiger partial charge in [-0.2, -0.15) is 0 Å². The van der Waals surface area contributed by atoms with Crippen LogP contribution in [0.15, 0.2) is 0 Å². The summed E-state index contributed by atoms with van der Waals surface area (Å²) in [5.41, 5.74) is 0. The lowest BCUT2D eigenvalue weighted by Gasteiger charge is -2.20. The molecule has 2 heterocycles. The van der Waals surface area contributed by atoms with Gasteiger partial charge in [0.2, 0.25) is 0 Å². The Kier molecular flexibility index (Phi) is 2.49. The Balaban J connectivity index is 1.92. The molecular weight excluding hydrogens is 182 g/mol. The van der Waals surface area contributed by atoms with E-state index in [4.69, 9.17) is 9.47 Å². The van der Waals surface area contributed by atoms with Crippen molar-refractivity contribution in [3.63, 3.8) is 0 Å². The number of likely N-dealkylation sites (tertiary alicyclic amines) is 1. The predicted octanol–water partition coefficient (Wildman–Crippen LogP) is 0.760. The lowest BCUT2D eigenvalue weighted by atomic mass is 10.3. The summed E-state index contributed by atoms with van der Waals surface area (Å²) in [6.45, 7) is 5.81. The SMILES string of the molecule is CC1(C)OC[C@H](C(=O)N2CCCC2)O1. The van der Waals surface area contributed by atoms with E-state index in [0.717, 1.165) is 25.9 Å². The van der Waals surface area contributed by atoms with Crippen molar-refractivity contribution in [3.8, 4) is 0 Å². The average Bonchev–Trinajstić information content (AvgIpc) is 2.72. The summed E-state index contributed by atoms with van der Waals surface area (Å²) in [5.74, 6) is -0.506. The molecule has 1 atom stereocenters. The van der Waals surface area contributed by atoms with E-state index >= 15 is 0 Å². The Hall–Kier alpha value is -0.610. The van der Waals surface area contributed by atoms with Crippen LogP contribution in [-0.2, 0) is 14.3 Å². The highest BCUT2D eigenvalue weighted by Crippen LogP contribution is 2.24. The molecule has 80 valence electrons. The molecule has 2 aliphatic rings. The van der Waals surface area contributed by atoms with Gasteiger partial charge in [-0.3, -0.25) is 4.79 Å². The van der Waals surface area contributed by atoms with Gasteiger partial charge < -0.3 is 14.4 Å². The Labute approximate surface area is 84.2 Å². The average molecular weight is 199 g/mol. The number of nitrogens with zero attached hydrogens (tertiary/aromatic N) is 1. The number of hydrogen-bond donors (Lipinski definition) is 0. The van der Waals surface area contributed by atoms with Gasteiger partial charge in [-0.1, -0.05) is 0 Å². The molecule has 0 unspecified atom stereocenters. The summed E-state index contributed by atoms with van der Waals surface area (Å²) < 4.78 is 10.9. The molecule has 0 saturated carbocycles. The second kappa shape index (κ2) is 3.51. The van der Waals surface area contributed by atoms with Gasteiger partial charge in [0.1, 0.15) is 0 Å². The molecule has 4 nitrogen and oxygen atoms in total. The van der Waals surface area contributed by atoms with E-state index in [1.54, 1.807) is 0 Å². The summed E-state index contributed by atoms with van der Waals surface area (Å²) in [5, 5.41) is 0. The fraction of sp³-hybridized carbons (Fsp3) is 0.900. The minimum Gasteiger partial charge on any atom is -0.347 e. The van der Waals surface area contributed by atoms with Gasteiger partial charge in [-0.15, -0.1) is 0 Å². The molecule has 14 heavy (non-hydrogen) atoms. The van der Waals surface area contributed by atoms with Crippen LogP contribution >= 0.6 is 0 Å². The van der Waals surface area contributed by atoms with Crippen molar-refractivity contribution in [1.82, 2.24) is 4.90 Å². The van der Waals surface area contributed by atoms with Crippen LogP contribution in [0.4, 0.5) is 0 Å². The van der Waals surface area contributed by atoms with Crippen LogP contribution in [0.1, 0.15) is 26.7 Å². The third-order valence-corrected chi connectivity index (χ3v) is 2.70. The smallest absolute Gasteiger partial charge is 0.254 e. The topological polar surface area (TPSA) is 38.8 Å². The number of rotatable bonds is 1. The van der Waals surface area contributed by atoms with Crippen LogP contribution in [0.2, 0.25) is 0 Å². The first-order valence-corrected chi connectivity index (χ1v) is 5.19. The lowest BCUT2D eigenvalue weighted by molar-refractivity contribution is -0.159. The zero-order chi connectivity index (χ0) is 10.2. The number of ether oxygens (including phenoxy) is 2. The zero-order valence-electron chi connectivity index (χ0n) is 8.78. The molecule has 1 amide bonds. The van der Waals surface area contributed by atoms with Crippen molar-refractivity contribution in [2.24, 2.45) is 0 Å². The fourth-order valence-electron chi connectivity index (χ4n) is 1.95. The van der Waals surface area contributed by atoms with E-state index in [1.165, 1.54) is 0 Å². The maximum atomic E-state index is 11.9. The minimum atomic E-state index is -0.597. The van der Waals surface area contributed by atoms with Crippen molar-refractivity contribution in [2.75, 3.05) is 19.7 Å². The van der Waals surface area contributed by atoms with Gasteiger partial charge in [0, 0.05) is 13.1 Å². The van der Waals surface area contributed by atoms with Gasteiger partial charge in [0.05, 0.1) is 6.61 Å². The van der Waals surface area contributed by atoms with Crippen molar-refractivity contribution in [1.29, 1.82) is 0 Å². The number of carbonyl (C=O) groups excluding carboxylic acids is 1. The molecule has 0 radical (unpaired) electrons. The van der Waals surface area contributed by atoms with E-state index in [0.29, 0.717) is 6.61 Å². The summed E-state index contributed by atoms with van der Waals surface area (Å²) in [7, 11) is 0. The standard InChI is InChI=1S/C10H17NO3/c1-10(2)13-7-8(14-10)9(12)11-5-3-4-6-11/h8H,3-7H2,1-2H3/t8-/m1/s1. The molecule has 4 heteroatoms. The van der Waals surface area contributed by atoms with E-state index in [-0.39, 0.29) is 12.0 Å². The first-order chi connectivity index (χ1) is 6.58. The molecule has 0 bridgehead atoms. The normalized spacial score (nSPS) is 31.0. The Bertz CT molecular complexity index is 234. The minimum absolute atomic E-state index is 0.0908.